The summed E-state index contributed by atoms with van der Waals surface area (Å²) in [6.45, 7) is 2.61. The molecule has 0 saturated carbocycles. The average molecular weight is 464 g/mol. The molecule has 4 rings (SSSR count). The summed E-state index contributed by atoms with van der Waals surface area (Å²) in [4.78, 5) is 16.5. The summed E-state index contributed by atoms with van der Waals surface area (Å²) in [5, 5.41) is 0. The van der Waals surface area contributed by atoms with Crippen LogP contribution in [0.2, 0.25) is 0 Å². The van der Waals surface area contributed by atoms with Gasteiger partial charge in [0.15, 0.2) is 0 Å². The first-order valence-electron chi connectivity index (χ1n) is 9.27. The van der Waals surface area contributed by atoms with Gasteiger partial charge in [-0.15, -0.1) is 0 Å². The van der Waals surface area contributed by atoms with E-state index in [9.17, 15) is 13.2 Å². The van der Waals surface area contributed by atoms with Crippen molar-refractivity contribution in [2.45, 2.75) is 17.4 Å². The number of piperazine rings is 1. The molecule has 2 aliphatic heterocycles. The molecule has 0 unspecified atom stereocenters. The minimum atomic E-state index is -3.50. The van der Waals surface area contributed by atoms with Gasteiger partial charge < -0.3 is 4.90 Å². The molecule has 0 bridgehead atoms. The number of amides is 1. The third-order valence-corrected chi connectivity index (χ3v) is 7.75. The summed E-state index contributed by atoms with van der Waals surface area (Å²) in [6.07, 6.45) is 0.543. The van der Waals surface area contributed by atoms with Crippen LogP contribution in [-0.2, 0) is 14.8 Å². The lowest BCUT2D eigenvalue weighted by atomic mass is 9.94. The minimum absolute atomic E-state index is 0.122. The van der Waals surface area contributed by atoms with Crippen molar-refractivity contribution in [3.8, 4) is 0 Å². The summed E-state index contributed by atoms with van der Waals surface area (Å²) < 4.78 is 28.0. The van der Waals surface area contributed by atoms with Crippen LogP contribution in [0.4, 0.5) is 0 Å². The van der Waals surface area contributed by atoms with E-state index in [1.165, 1.54) is 4.31 Å². The van der Waals surface area contributed by atoms with Crippen molar-refractivity contribution in [3.05, 3.63) is 64.6 Å². The second kappa shape index (κ2) is 7.94. The van der Waals surface area contributed by atoms with Crippen LogP contribution in [0.1, 0.15) is 18.0 Å². The maximum absolute atomic E-state index is 12.8. The summed E-state index contributed by atoms with van der Waals surface area (Å²) in [7, 11) is -3.50. The lowest BCUT2D eigenvalue weighted by molar-refractivity contribution is -0.150. The number of sulfonamides is 1. The first-order chi connectivity index (χ1) is 13.4. The largest absolute Gasteiger partial charge is 0.322 e. The van der Waals surface area contributed by atoms with E-state index in [1.54, 1.807) is 18.2 Å². The lowest BCUT2D eigenvalue weighted by Crippen LogP contribution is -2.56. The van der Waals surface area contributed by atoms with Crippen LogP contribution >= 0.6 is 15.9 Å². The van der Waals surface area contributed by atoms with Crippen LogP contribution < -0.4 is 0 Å². The zero-order valence-electron chi connectivity index (χ0n) is 15.4. The van der Waals surface area contributed by atoms with Gasteiger partial charge >= 0.3 is 0 Å². The van der Waals surface area contributed by atoms with E-state index in [1.807, 2.05) is 41.3 Å². The standard InChI is InChI=1S/C20H22BrN3O3S/c21-17-7-4-8-18(13-17)28(26,27)23-11-9-22(10-12-23)15-24-19(14-20(24)25)16-5-2-1-3-6-16/h1-8,13,19H,9-12,14-15H2/t19-/m1/s1. The molecule has 2 saturated heterocycles. The van der Waals surface area contributed by atoms with E-state index in [0.717, 1.165) is 10.0 Å². The van der Waals surface area contributed by atoms with E-state index < -0.39 is 10.0 Å². The first-order valence-corrected chi connectivity index (χ1v) is 11.5. The smallest absolute Gasteiger partial charge is 0.243 e. The zero-order chi connectivity index (χ0) is 19.7. The second-order valence-electron chi connectivity index (χ2n) is 7.12. The third kappa shape index (κ3) is 3.87. The van der Waals surface area contributed by atoms with Gasteiger partial charge in [0.2, 0.25) is 15.9 Å². The summed E-state index contributed by atoms with van der Waals surface area (Å²) in [5.41, 5.74) is 1.15. The van der Waals surface area contributed by atoms with Gasteiger partial charge in [-0.05, 0) is 23.8 Å². The number of rotatable bonds is 5. The Morgan fingerprint density at radius 2 is 1.68 bits per heavy atom. The summed E-state index contributed by atoms with van der Waals surface area (Å²) in [6, 6.07) is 17.0. The van der Waals surface area contributed by atoms with Crippen molar-refractivity contribution in [1.29, 1.82) is 0 Å². The Morgan fingerprint density at radius 1 is 0.964 bits per heavy atom. The highest BCUT2D eigenvalue weighted by Gasteiger charge is 2.38. The number of hydrogen-bond acceptors (Lipinski definition) is 4. The van der Waals surface area contributed by atoms with Crippen molar-refractivity contribution >= 4 is 31.9 Å². The summed E-state index contributed by atoms with van der Waals surface area (Å²) in [5.74, 6) is 0.151. The Hall–Kier alpha value is -1.74. The molecule has 2 aliphatic rings. The molecule has 2 fully saturated rings. The molecule has 2 aromatic carbocycles. The second-order valence-corrected chi connectivity index (χ2v) is 9.97. The quantitative estimate of drug-likeness (QED) is 0.639. The molecule has 1 atom stereocenters. The van der Waals surface area contributed by atoms with Gasteiger partial charge in [0, 0.05) is 30.7 Å². The van der Waals surface area contributed by atoms with Gasteiger partial charge in [-0.1, -0.05) is 52.3 Å². The van der Waals surface area contributed by atoms with Crippen LogP contribution in [0.5, 0.6) is 0 Å². The number of carbonyl (C=O) groups excluding carboxylic acids is 1. The van der Waals surface area contributed by atoms with E-state index in [2.05, 4.69) is 20.8 Å². The van der Waals surface area contributed by atoms with Crippen LogP contribution in [-0.4, -0.2) is 61.3 Å². The molecule has 1 amide bonds. The van der Waals surface area contributed by atoms with E-state index in [-0.39, 0.29) is 11.9 Å². The fourth-order valence-corrected chi connectivity index (χ4v) is 5.73. The SMILES string of the molecule is O=C1C[C@H](c2ccccc2)N1CN1CCN(S(=O)(=O)c2cccc(Br)c2)CC1. The maximum atomic E-state index is 12.8. The van der Waals surface area contributed by atoms with E-state index in [4.69, 9.17) is 0 Å². The van der Waals surface area contributed by atoms with Crippen LogP contribution in [0.3, 0.4) is 0 Å². The first kappa shape index (κ1) is 19.6. The Kier molecular flexibility index (Phi) is 5.55. The molecule has 0 N–H and O–H groups in total. The van der Waals surface area contributed by atoms with Crippen molar-refractivity contribution < 1.29 is 13.2 Å². The van der Waals surface area contributed by atoms with Gasteiger partial charge in [-0.25, -0.2) is 8.42 Å². The van der Waals surface area contributed by atoms with Crippen molar-refractivity contribution in [3.63, 3.8) is 0 Å². The van der Waals surface area contributed by atoms with Crippen LogP contribution in [0.15, 0.2) is 64.0 Å². The molecule has 2 aromatic rings. The van der Waals surface area contributed by atoms with Crippen LogP contribution in [0, 0.1) is 0 Å². The number of halogens is 1. The Morgan fingerprint density at radius 3 is 2.32 bits per heavy atom. The molecule has 2 heterocycles. The Balaban J connectivity index is 1.37. The minimum Gasteiger partial charge on any atom is -0.322 e. The molecular weight excluding hydrogens is 442 g/mol. The highest BCUT2D eigenvalue weighted by molar-refractivity contribution is 9.10. The maximum Gasteiger partial charge on any atom is 0.243 e. The van der Waals surface area contributed by atoms with Gasteiger partial charge in [-0.2, -0.15) is 4.31 Å². The molecule has 6 nitrogen and oxygen atoms in total. The molecule has 0 aliphatic carbocycles. The predicted octanol–water partition coefficient (Wildman–Crippen LogP) is 2.69. The molecule has 0 aromatic heterocycles. The molecule has 8 heteroatoms. The van der Waals surface area contributed by atoms with Crippen molar-refractivity contribution in [2.75, 3.05) is 32.8 Å². The molecule has 148 valence electrons. The highest BCUT2D eigenvalue weighted by atomic mass is 79.9. The average Bonchev–Trinajstić information content (AvgIpc) is 2.71. The monoisotopic (exact) mass is 463 g/mol. The number of carbonyl (C=O) groups is 1. The van der Waals surface area contributed by atoms with Gasteiger partial charge in [-0.3, -0.25) is 9.69 Å². The normalized spacial score (nSPS) is 21.5. The Labute approximate surface area is 173 Å². The van der Waals surface area contributed by atoms with Crippen molar-refractivity contribution in [1.82, 2.24) is 14.1 Å². The van der Waals surface area contributed by atoms with Gasteiger partial charge in [0.25, 0.3) is 0 Å². The van der Waals surface area contributed by atoms with E-state index >= 15 is 0 Å². The molecular formula is C20H22BrN3O3S. The molecule has 28 heavy (non-hydrogen) atoms. The molecule has 0 spiro atoms. The number of nitrogens with zero attached hydrogens (tertiary/aromatic N) is 3. The predicted molar refractivity (Wildman–Crippen MR) is 110 cm³/mol. The summed E-state index contributed by atoms with van der Waals surface area (Å²) >= 11 is 3.33. The van der Waals surface area contributed by atoms with Gasteiger partial charge in [0.1, 0.15) is 0 Å². The third-order valence-electron chi connectivity index (χ3n) is 5.37. The topological polar surface area (TPSA) is 60.9 Å². The number of hydrogen-bond donors (Lipinski definition) is 0. The van der Waals surface area contributed by atoms with Gasteiger partial charge in [0.05, 0.1) is 24.0 Å². The van der Waals surface area contributed by atoms with Crippen molar-refractivity contribution in [2.24, 2.45) is 0 Å². The lowest BCUT2D eigenvalue weighted by Gasteiger charge is -2.45. The molecule has 0 radical (unpaired) electrons. The number of β-lactam (4-membered cyclic amide) rings is 1. The van der Waals surface area contributed by atoms with Crippen LogP contribution in [0.25, 0.3) is 0 Å². The Bertz CT molecular complexity index is 960. The zero-order valence-corrected chi connectivity index (χ0v) is 17.8. The number of benzene rings is 2. The van der Waals surface area contributed by atoms with E-state index in [0.29, 0.717) is 44.2 Å². The fourth-order valence-electron chi connectivity index (χ4n) is 3.71. The number of likely N-dealkylation sites (tertiary alicyclic amines) is 1. The highest BCUT2D eigenvalue weighted by Crippen LogP contribution is 2.34. The fraction of sp³-hybridized carbons (Fsp3) is 0.350.